The minimum Gasteiger partial charge on any atom is -0.282 e. The zero-order chi connectivity index (χ0) is 13.6. The van der Waals surface area contributed by atoms with E-state index in [2.05, 4.69) is 19.9 Å². The van der Waals surface area contributed by atoms with Crippen LogP contribution in [0.2, 0.25) is 0 Å². The average molecular weight is 270 g/mol. The van der Waals surface area contributed by atoms with Gasteiger partial charge in [0.05, 0.1) is 4.90 Å². The quantitative estimate of drug-likeness (QED) is 0.770. The maximum atomic E-state index is 11.2. The monoisotopic (exact) mass is 270 g/mol. The minimum absolute atomic E-state index is 0.0298. The summed E-state index contributed by atoms with van der Waals surface area (Å²) in [5.41, 5.74) is 2.00. The summed E-state index contributed by atoms with van der Waals surface area (Å²) < 4.78 is 31.6. The molecule has 3 nitrogen and oxygen atoms in total. The molecular weight excluding hydrogens is 248 g/mol. The van der Waals surface area contributed by atoms with Crippen LogP contribution in [0.3, 0.4) is 0 Å². The van der Waals surface area contributed by atoms with Crippen LogP contribution in [0.25, 0.3) is 0 Å². The Balaban J connectivity index is 3.03. The lowest BCUT2D eigenvalue weighted by Gasteiger charge is -2.08. The molecule has 0 bridgehead atoms. The van der Waals surface area contributed by atoms with Crippen molar-refractivity contribution in [2.75, 3.05) is 0 Å². The van der Waals surface area contributed by atoms with E-state index in [9.17, 15) is 8.42 Å². The number of unbranched alkanes of at least 4 members (excludes halogenated alkanes) is 2. The fraction of sp³-hybridized carbons (Fsp3) is 0.571. The van der Waals surface area contributed by atoms with Crippen LogP contribution in [-0.4, -0.2) is 13.0 Å². The first-order chi connectivity index (χ1) is 8.47. The Morgan fingerprint density at radius 2 is 1.39 bits per heavy atom. The molecule has 0 aliphatic carbocycles. The standard InChI is InChI=1S/C14H22O3S/c1-3-5-7-12-9-13(8-6-4-2)11-14(10-12)18(15,16)17/h9-11H,3-8H2,1-2H3,(H,15,16,17). The van der Waals surface area contributed by atoms with Gasteiger partial charge in [0.1, 0.15) is 0 Å². The van der Waals surface area contributed by atoms with Crippen molar-refractivity contribution in [1.29, 1.82) is 0 Å². The van der Waals surface area contributed by atoms with Crippen molar-refractivity contribution in [3.8, 4) is 0 Å². The summed E-state index contributed by atoms with van der Waals surface area (Å²) in [5.74, 6) is 0. The zero-order valence-corrected chi connectivity index (χ0v) is 12.0. The van der Waals surface area contributed by atoms with E-state index in [4.69, 9.17) is 4.55 Å². The fourth-order valence-electron chi connectivity index (χ4n) is 1.93. The second-order valence-electron chi connectivity index (χ2n) is 4.67. The Hall–Kier alpha value is -0.870. The van der Waals surface area contributed by atoms with Crippen molar-refractivity contribution >= 4 is 10.1 Å². The molecule has 4 heteroatoms. The summed E-state index contributed by atoms with van der Waals surface area (Å²) in [6.45, 7) is 4.20. The van der Waals surface area contributed by atoms with Crippen molar-refractivity contribution in [3.05, 3.63) is 29.3 Å². The molecule has 0 aliphatic heterocycles. The highest BCUT2D eigenvalue weighted by molar-refractivity contribution is 7.85. The van der Waals surface area contributed by atoms with Gasteiger partial charge in [-0.1, -0.05) is 32.8 Å². The second kappa shape index (κ2) is 6.90. The Morgan fingerprint density at radius 1 is 0.944 bits per heavy atom. The molecule has 0 spiro atoms. The molecule has 1 N–H and O–H groups in total. The molecule has 1 aromatic rings. The number of hydrogen-bond acceptors (Lipinski definition) is 2. The van der Waals surface area contributed by atoms with Gasteiger partial charge < -0.3 is 0 Å². The summed E-state index contributed by atoms with van der Waals surface area (Å²) in [4.78, 5) is 0.0298. The van der Waals surface area contributed by atoms with Crippen LogP contribution in [0.15, 0.2) is 23.1 Å². The van der Waals surface area contributed by atoms with E-state index >= 15 is 0 Å². The second-order valence-corrected chi connectivity index (χ2v) is 6.09. The van der Waals surface area contributed by atoms with Crippen molar-refractivity contribution in [2.45, 2.75) is 57.3 Å². The lowest BCUT2D eigenvalue weighted by atomic mass is 10.0. The van der Waals surface area contributed by atoms with E-state index in [0.29, 0.717) is 0 Å². The van der Waals surface area contributed by atoms with Gasteiger partial charge in [-0.05, 0) is 48.9 Å². The number of benzene rings is 1. The normalized spacial score (nSPS) is 11.7. The maximum absolute atomic E-state index is 11.2. The smallest absolute Gasteiger partial charge is 0.282 e. The van der Waals surface area contributed by atoms with Gasteiger partial charge in [0.15, 0.2) is 0 Å². The first-order valence-corrected chi connectivity index (χ1v) is 8.01. The predicted molar refractivity (Wildman–Crippen MR) is 73.5 cm³/mol. The topological polar surface area (TPSA) is 54.4 Å². The molecule has 0 amide bonds. The molecule has 0 saturated heterocycles. The largest absolute Gasteiger partial charge is 0.294 e. The molecule has 18 heavy (non-hydrogen) atoms. The molecule has 0 saturated carbocycles. The van der Waals surface area contributed by atoms with Crippen LogP contribution < -0.4 is 0 Å². The van der Waals surface area contributed by atoms with Gasteiger partial charge in [-0.3, -0.25) is 4.55 Å². The molecule has 0 aliphatic rings. The molecule has 102 valence electrons. The van der Waals surface area contributed by atoms with Gasteiger partial charge in [0, 0.05) is 0 Å². The van der Waals surface area contributed by atoms with Crippen molar-refractivity contribution in [1.82, 2.24) is 0 Å². The third-order valence-electron chi connectivity index (χ3n) is 2.96. The van der Waals surface area contributed by atoms with Crippen molar-refractivity contribution in [2.24, 2.45) is 0 Å². The summed E-state index contributed by atoms with van der Waals surface area (Å²) >= 11 is 0. The summed E-state index contributed by atoms with van der Waals surface area (Å²) in [7, 11) is -4.10. The third kappa shape index (κ3) is 4.78. The summed E-state index contributed by atoms with van der Waals surface area (Å²) in [6, 6.07) is 5.22. The molecule has 1 aromatic carbocycles. The lowest BCUT2D eigenvalue weighted by Crippen LogP contribution is -2.01. The first-order valence-electron chi connectivity index (χ1n) is 6.57. The number of aryl methyl sites for hydroxylation is 2. The molecule has 0 unspecified atom stereocenters. The Morgan fingerprint density at radius 3 is 1.72 bits per heavy atom. The highest BCUT2D eigenvalue weighted by atomic mass is 32.2. The molecular formula is C14H22O3S. The van der Waals surface area contributed by atoms with Crippen molar-refractivity contribution in [3.63, 3.8) is 0 Å². The minimum atomic E-state index is -4.10. The van der Waals surface area contributed by atoms with Gasteiger partial charge in [-0.25, -0.2) is 0 Å². The lowest BCUT2D eigenvalue weighted by molar-refractivity contribution is 0.483. The zero-order valence-electron chi connectivity index (χ0n) is 11.1. The molecule has 1 rings (SSSR count). The maximum Gasteiger partial charge on any atom is 0.294 e. The highest BCUT2D eigenvalue weighted by Gasteiger charge is 2.12. The SMILES string of the molecule is CCCCc1cc(CCCC)cc(S(=O)(=O)O)c1. The van der Waals surface area contributed by atoms with Gasteiger partial charge in [0.2, 0.25) is 0 Å². The highest BCUT2D eigenvalue weighted by Crippen LogP contribution is 2.18. The molecule has 0 heterocycles. The van der Waals surface area contributed by atoms with E-state index < -0.39 is 10.1 Å². The van der Waals surface area contributed by atoms with Gasteiger partial charge >= 0.3 is 0 Å². The molecule has 0 aromatic heterocycles. The molecule has 0 radical (unpaired) electrons. The molecule has 0 atom stereocenters. The van der Waals surface area contributed by atoms with Crippen molar-refractivity contribution < 1.29 is 13.0 Å². The van der Waals surface area contributed by atoms with E-state index in [-0.39, 0.29) is 4.90 Å². The van der Waals surface area contributed by atoms with E-state index in [1.807, 2.05) is 0 Å². The van der Waals surface area contributed by atoms with Gasteiger partial charge in [0.25, 0.3) is 10.1 Å². The predicted octanol–water partition coefficient (Wildman–Crippen LogP) is 3.62. The average Bonchev–Trinajstić information content (AvgIpc) is 2.32. The van der Waals surface area contributed by atoms with Crippen LogP contribution in [0.4, 0.5) is 0 Å². The van der Waals surface area contributed by atoms with Crippen LogP contribution in [0.5, 0.6) is 0 Å². The molecule has 0 fully saturated rings. The van der Waals surface area contributed by atoms with E-state index in [1.54, 1.807) is 12.1 Å². The summed E-state index contributed by atoms with van der Waals surface area (Å²) in [5, 5.41) is 0. The van der Waals surface area contributed by atoms with Crippen LogP contribution >= 0.6 is 0 Å². The Bertz CT molecular complexity index is 452. The third-order valence-corrected chi connectivity index (χ3v) is 3.79. The van der Waals surface area contributed by atoms with E-state index in [0.717, 1.165) is 49.7 Å². The Kier molecular flexibility index (Phi) is 5.82. The first kappa shape index (κ1) is 15.2. The van der Waals surface area contributed by atoms with Gasteiger partial charge in [-0.15, -0.1) is 0 Å². The fourth-order valence-corrected chi connectivity index (χ4v) is 2.53. The number of rotatable bonds is 7. The Labute approximate surface area is 110 Å². The number of hydrogen-bond donors (Lipinski definition) is 1. The van der Waals surface area contributed by atoms with Gasteiger partial charge in [-0.2, -0.15) is 8.42 Å². The van der Waals surface area contributed by atoms with E-state index in [1.165, 1.54) is 0 Å². The van der Waals surface area contributed by atoms with Crippen LogP contribution in [0.1, 0.15) is 50.7 Å². The summed E-state index contributed by atoms with van der Waals surface area (Å²) in [6.07, 6.45) is 5.92. The van der Waals surface area contributed by atoms with Crippen LogP contribution in [-0.2, 0) is 23.0 Å². The van der Waals surface area contributed by atoms with Crippen LogP contribution in [0, 0.1) is 0 Å².